The Kier molecular flexibility index (Phi) is 5.43. The molecule has 0 aliphatic heterocycles. The van der Waals surface area contributed by atoms with Crippen molar-refractivity contribution >= 4 is 0 Å². The third-order valence-corrected chi connectivity index (χ3v) is 6.27. The quantitative estimate of drug-likeness (QED) is 0.827. The fourth-order valence-electron chi connectivity index (χ4n) is 4.85. The normalized spacial score (nSPS) is 34.1. The summed E-state index contributed by atoms with van der Waals surface area (Å²) in [5.41, 5.74) is 1.22. The van der Waals surface area contributed by atoms with E-state index in [4.69, 9.17) is 4.74 Å². The van der Waals surface area contributed by atoms with Gasteiger partial charge in [-0.3, -0.25) is 0 Å². The van der Waals surface area contributed by atoms with Gasteiger partial charge in [0, 0.05) is 5.92 Å². The van der Waals surface area contributed by atoms with Crippen molar-refractivity contribution in [1.82, 2.24) is 0 Å². The van der Waals surface area contributed by atoms with E-state index in [9.17, 15) is 5.11 Å². The second-order valence-electron chi connectivity index (χ2n) is 7.98. The molecule has 2 aliphatic rings. The summed E-state index contributed by atoms with van der Waals surface area (Å²) in [6, 6.07) is 10.4. The van der Waals surface area contributed by atoms with E-state index in [1.54, 1.807) is 0 Å². The second-order valence-corrected chi connectivity index (χ2v) is 7.98. The summed E-state index contributed by atoms with van der Waals surface area (Å²) in [4.78, 5) is 0. The van der Waals surface area contributed by atoms with Crippen LogP contribution in [-0.2, 0) is 11.3 Å². The van der Waals surface area contributed by atoms with Crippen LogP contribution < -0.4 is 0 Å². The molecule has 0 saturated heterocycles. The van der Waals surface area contributed by atoms with Crippen molar-refractivity contribution in [2.24, 2.45) is 29.6 Å². The molecule has 6 unspecified atom stereocenters. The van der Waals surface area contributed by atoms with Crippen molar-refractivity contribution in [3.05, 3.63) is 35.9 Å². The van der Waals surface area contributed by atoms with Crippen molar-refractivity contribution in [2.75, 3.05) is 0 Å². The largest absolute Gasteiger partial charge is 0.393 e. The van der Waals surface area contributed by atoms with Gasteiger partial charge in [-0.25, -0.2) is 0 Å². The molecule has 2 aliphatic carbocycles. The smallest absolute Gasteiger partial charge is 0.0720 e. The van der Waals surface area contributed by atoms with Gasteiger partial charge in [-0.15, -0.1) is 0 Å². The van der Waals surface area contributed by atoms with Crippen LogP contribution in [0.4, 0.5) is 0 Å². The molecule has 1 aromatic rings. The molecule has 0 aromatic heterocycles. The SMILES string of the molecule is CC(O)C1C(OCc2ccccc2)CCC(C)C1C(C)C1CC1. The van der Waals surface area contributed by atoms with Crippen molar-refractivity contribution in [2.45, 2.75) is 65.3 Å². The molecule has 0 spiro atoms. The summed E-state index contributed by atoms with van der Waals surface area (Å²) in [7, 11) is 0. The van der Waals surface area contributed by atoms with Crippen molar-refractivity contribution in [3.63, 3.8) is 0 Å². The van der Waals surface area contributed by atoms with Crippen LogP contribution in [0.3, 0.4) is 0 Å². The fourth-order valence-corrected chi connectivity index (χ4v) is 4.85. The van der Waals surface area contributed by atoms with E-state index in [-0.39, 0.29) is 18.1 Å². The topological polar surface area (TPSA) is 29.5 Å². The molecule has 23 heavy (non-hydrogen) atoms. The zero-order valence-corrected chi connectivity index (χ0v) is 14.8. The summed E-state index contributed by atoms with van der Waals surface area (Å²) < 4.78 is 6.31. The second kappa shape index (κ2) is 7.36. The molecule has 1 aromatic carbocycles. The first-order valence-corrected chi connectivity index (χ1v) is 9.41. The summed E-state index contributed by atoms with van der Waals surface area (Å²) in [6.45, 7) is 7.42. The van der Waals surface area contributed by atoms with Crippen LogP contribution in [0.25, 0.3) is 0 Å². The summed E-state index contributed by atoms with van der Waals surface area (Å²) in [5, 5.41) is 10.5. The van der Waals surface area contributed by atoms with E-state index >= 15 is 0 Å². The van der Waals surface area contributed by atoms with E-state index in [1.807, 2.05) is 13.0 Å². The highest BCUT2D eigenvalue weighted by Crippen LogP contribution is 2.50. The van der Waals surface area contributed by atoms with Crippen LogP contribution in [0.5, 0.6) is 0 Å². The predicted molar refractivity (Wildman–Crippen MR) is 94.0 cm³/mol. The van der Waals surface area contributed by atoms with Crippen molar-refractivity contribution < 1.29 is 9.84 Å². The van der Waals surface area contributed by atoms with E-state index < -0.39 is 0 Å². The molecular weight excluding hydrogens is 284 g/mol. The number of benzene rings is 1. The number of hydrogen-bond acceptors (Lipinski definition) is 2. The highest BCUT2D eigenvalue weighted by Gasteiger charge is 2.46. The molecule has 0 amide bonds. The first-order valence-electron chi connectivity index (χ1n) is 9.41. The van der Waals surface area contributed by atoms with Gasteiger partial charge in [0.2, 0.25) is 0 Å². The van der Waals surface area contributed by atoms with Gasteiger partial charge in [0.25, 0.3) is 0 Å². The van der Waals surface area contributed by atoms with Crippen LogP contribution >= 0.6 is 0 Å². The molecule has 0 radical (unpaired) electrons. The Hall–Kier alpha value is -0.860. The molecule has 3 rings (SSSR count). The fraction of sp³-hybridized carbons (Fsp3) is 0.714. The Morgan fingerprint density at radius 2 is 1.74 bits per heavy atom. The third kappa shape index (κ3) is 3.97. The van der Waals surface area contributed by atoms with E-state index in [2.05, 4.69) is 38.1 Å². The maximum atomic E-state index is 10.5. The molecule has 2 saturated carbocycles. The number of aliphatic hydroxyl groups excluding tert-OH is 1. The summed E-state index contributed by atoms with van der Waals surface area (Å²) >= 11 is 0. The minimum Gasteiger partial charge on any atom is -0.393 e. The van der Waals surface area contributed by atoms with Crippen molar-refractivity contribution in [3.8, 4) is 0 Å². The molecule has 0 bridgehead atoms. The lowest BCUT2D eigenvalue weighted by Crippen LogP contribution is -2.47. The Bertz CT molecular complexity index is 480. The standard InChI is InChI=1S/C21H32O2/c1-14-9-12-19(23-13-17-7-5-4-6-8-17)21(16(3)22)20(14)15(2)18-10-11-18/h4-8,14-16,18-22H,9-13H2,1-3H3. The maximum Gasteiger partial charge on any atom is 0.0720 e. The third-order valence-electron chi connectivity index (χ3n) is 6.27. The number of ether oxygens (including phenoxy) is 1. The van der Waals surface area contributed by atoms with Gasteiger partial charge in [0.15, 0.2) is 0 Å². The molecule has 6 atom stereocenters. The minimum absolute atomic E-state index is 0.192. The van der Waals surface area contributed by atoms with Gasteiger partial charge in [-0.1, -0.05) is 44.2 Å². The number of aliphatic hydroxyl groups is 1. The zero-order valence-electron chi connectivity index (χ0n) is 14.8. The highest BCUT2D eigenvalue weighted by atomic mass is 16.5. The number of hydrogen-bond donors (Lipinski definition) is 1. The van der Waals surface area contributed by atoms with Gasteiger partial charge in [-0.2, -0.15) is 0 Å². The average Bonchev–Trinajstić information content (AvgIpc) is 3.38. The number of rotatable bonds is 6. The molecule has 2 nitrogen and oxygen atoms in total. The molecular formula is C21H32O2. The lowest BCUT2D eigenvalue weighted by atomic mass is 9.63. The Morgan fingerprint density at radius 1 is 1.04 bits per heavy atom. The van der Waals surface area contributed by atoms with Crippen molar-refractivity contribution in [1.29, 1.82) is 0 Å². The van der Waals surface area contributed by atoms with Crippen LogP contribution in [0.2, 0.25) is 0 Å². The lowest BCUT2D eigenvalue weighted by Gasteiger charge is -2.46. The first-order chi connectivity index (χ1) is 11.1. The van der Waals surface area contributed by atoms with Crippen LogP contribution in [0, 0.1) is 29.6 Å². The maximum absolute atomic E-state index is 10.5. The summed E-state index contributed by atoms with van der Waals surface area (Å²) in [6.07, 6.45) is 4.98. The molecule has 1 N–H and O–H groups in total. The molecule has 0 heterocycles. The summed E-state index contributed by atoms with van der Waals surface area (Å²) in [5.74, 6) is 3.17. The highest BCUT2D eigenvalue weighted by molar-refractivity contribution is 5.13. The van der Waals surface area contributed by atoms with Crippen LogP contribution in [0.1, 0.15) is 52.0 Å². The minimum atomic E-state index is -0.287. The van der Waals surface area contributed by atoms with E-state index in [1.165, 1.54) is 24.8 Å². The van der Waals surface area contributed by atoms with Gasteiger partial charge in [0.05, 0.1) is 18.8 Å². The molecule has 128 valence electrons. The lowest BCUT2D eigenvalue weighted by molar-refractivity contribution is -0.111. The van der Waals surface area contributed by atoms with Gasteiger partial charge >= 0.3 is 0 Å². The Morgan fingerprint density at radius 3 is 2.35 bits per heavy atom. The van der Waals surface area contributed by atoms with Gasteiger partial charge in [0.1, 0.15) is 0 Å². The van der Waals surface area contributed by atoms with E-state index in [0.29, 0.717) is 24.4 Å². The van der Waals surface area contributed by atoms with Crippen LogP contribution in [-0.4, -0.2) is 17.3 Å². The first kappa shape index (κ1) is 17.0. The molecule has 2 heteroatoms. The Balaban J connectivity index is 1.70. The monoisotopic (exact) mass is 316 g/mol. The predicted octanol–water partition coefficient (Wildman–Crippen LogP) is 4.66. The van der Waals surface area contributed by atoms with Gasteiger partial charge in [-0.05, 0) is 61.8 Å². The van der Waals surface area contributed by atoms with E-state index in [0.717, 1.165) is 12.3 Å². The Labute approximate surface area is 141 Å². The average molecular weight is 316 g/mol. The zero-order chi connectivity index (χ0) is 16.4. The van der Waals surface area contributed by atoms with Gasteiger partial charge < -0.3 is 9.84 Å². The van der Waals surface area contributed by atoms with Crippen LogP contribution in [0.15, 0.2) is 30.3 Å². The molecule has 2 fully saturated rings.